The second kappa shape index (κ2) is 5.79. The van der Waals surface area contributed by atoms with E-state index in [0.717, 1.165) is 23.6 Å². The number of primary amides is 1. The molecule has 21 heavy (non-hydrogen) atoms. The van der Waals surface area contributed by atoms with E-state index < -0.39 is 0 Å². The van der Waals surface area contributed by atoms with Gasteiger partial charge >= 0.3 is 0 Å². The summed E-state index contributed by atoms with van der Waals surface area (Å²) in [4.78, 5) is 27.9. The molecule has 0 radical (unpaired) electrons. The average molecular weight is 306 g/mol. The molecule has 4 nitrogen and oxygen atoms in total. The number of rotatable bonds is 2. The summed E-state index contributed by atoms with van der Waals surface area (Å²) in [6.45, 7) is 3.56. The molecule has 0 spiro atoms. The number of hydrogen-bond donors (Lipinski definition) is 1. The normalized spacial score (nSPS) is 22.9. The third kappa shape index (κ3) is 2.98. The molecule has 114 valence electrons. The van der Waals surface area contributed by atoms with Crippen molar-refractivity contribution in [1.29, 1.82) is 0 Å². The molecule has 0 aromatic carbocycles. The SMILES string of the molecule is C[C@H]1CCc2sc(C(=O)N3CCC(C(N)=O)CC3)cc2C1. The fraction of sp³-hybridized carbons (Fsp3) is 0.625. The van der Waals surface area contributed by atoms with Crippen LogP contribution in [0.2, 0.25) is 0 Å². The van der Waals surface area contributed by atoms with Crippen molar-refractivity contribution in [3.63, 3.8) is 0 Å². The Hall–Kier alpha value is -1.36. The molecule has 2 aliphatic rings. The van der Waals surface area contributed by atoms with Gasteiger partial charge in [-0.05, 0) is 49.7 Å². The van der Waals surface area contributed by atoms with Crippen LogP contribution in [0.15, 0.2) is 6.07 Å². The first-order chi connectivity index (χ1) is 10.0. The Morgan fingerprint density at radius 3 is 2.67 bits per heavy atom. The van der Waals surface area contributed by atoms with Crippen LogP contribution in [0.3, 0.4) is 0 Å². The highest BCUT2D eigenvalue weighted by molar-refractivity contribution is 7.14. The van der Waals surface area contributed by atoms with Crippen molar-refractivity contribution >= 4 is 23.2 Å². The molecule has 3 rings (SSSR count). The first-order valence-corrected chi connectivity index (χ1v) is 8.56. The molecule has 1 aliphatic carbocycles. The predicted octanol–water partition coefficient (Wildman–Crippen LogP) is 2.21. The molecule has 2 heterocycles. The molecule has 0 unspecified atom stereocenters. The van der Waals surface area contributed by atoms with Crippen LogP contribution in [0.5, 0.6) is 0 Å². The van der Waals surface area contributed by atoms with Crippen molar-refractivity contribution in [2.24, 2.45) is 17.6 Å². The molecule has 1 fully saturated rings. The molecule has 1 aromatic heterocycles. The summed E-state index contributed by atoms with van der Waals surface area (Å²) >= 11 is 1.66. The smallest absolute Gasteiger partial charge is 0.263 e. The van der Waals surface area contributed by atoms with Gasteiger partial charge in [0.1, 0.15) is 0 Å². The van der Waals surface area contributed by atoms with Crippen LogP contribution in [0.25, 0.3) is 0 Å². The highest BCUT2D eigenvalue weighted by atomic mass is 32.1. The largest absolute Gasteiger partial charge is 0.369 e. The Bertz CT molecular complexity index is 559. The molecule has 5 heteroatoms. The van der Waals surface area contributed by atoms with Gasteiger partial charge in [0.2, 0.25) is 5.91 Å². The van der Waals surface area contributed by atoms with E-state index in [1.165, 1.54) is 16.9 Å². The van der Waals surface area contributed by atoms with Crippen molar-refractivity contribution < 1.29 is 9.59 Å². The second-order valence-electron chi connectivity index (χ2n) is 6.38. The van der Waals surface area contributed by atoms with Crippen LogP contribution in [-0.2, 0) is 17.6 Å². The lowest BCUT2D eigenvalue weighted by Crippen LogP contribution is -2.41. The van der Waals surface area contributed by atoms with Crippen molar-refractivity contribution in [1.82, 2.24) is 4.90 Å². The van der Waals surface area contributed by atoms with E-state index in [0.29, 0.717) is 25.9 Å². The zero-order valence-electron chi connectivity index (χ0n) is 12.4. The molecule has 1 aromatic rings. The number of thiophene rings is 1. The van der Waals surface area contributed by atoms with E-state index >= 15 is 0 Å². The maximum atomic E-state index is 12.6. The van der Waals surface area contributed by atoms with Gasteiger partial charge in [0.15, 0.2) is 0 Å². The minimum Gasteiger partial charge on any atom is -0.369 e. The number of hydrogen-bond acceptors (Lipinski definition) is 3. The van der Waals surface area contributed by atoms with Gasteiger partial charge in [-0.25, -0.2) is 0 Å². The number of amides is 2. The lowest BCUT2D eigenvalue weighted by atomic mass is 9.90. The highest BCUT2D eigenvalue weighted by Crippen LogP contribution is 2.33. The Morgan fingerprint density at radius 1 is 1.29 bits per heavy atom. The number of likely N-dealkylation sites (tertiary alicyclic amines) is 1. The molecule has 0 saturated carbocycles. The van der Waals surface area contributed by atoms with Crippen LogP contribution >= 0.6 is 11.3 Å². The number of nitrogens with two attached hydrogens (primary N) is 1. The van der Waals surface area contributed by atoms with E-state index in [4.69, 9.17) is 5.73 Å². The lowest BCUT2D eigenvalue weighted by molar-refractivity contribution is -0.123. The molecular weight excluding hydrogens is 284 g/mol. The van der Waals surface area contributed by atoms with Crippen LogP contribution in [0.1, 0.15) is 46.3 Å². The first kappa shape index (κ1) is 14.6. The van der Waals surface area contributed by atoms with E-state index in [9.17, 15) is 9.59 Å². The van der Waals surface area contributed by atoms with Crippen LogP contribution < -0.4 is 5.73 Å². The van der Waals surface area contributed by atoms with Gasteiger partial charge in [0, 0.05) is 23.9 Å². The fourth-order valence-corrected chi connectivity index (χ4v) is 4.51. The van der Waals surface area contributed by atoms with Crippen molar-refractivity contribution in [3.05, 3.63) is 21.4 Å². The monoisotopic (exact) mass is 306 g/mol. The van der Waals surface area contributed by atoms with Crippen molar-refractivity contribution in [2.45, 2.75) is 39.0 Å². The van der Waals surface area contributed by atoms with Gasteiger partial charge in [-0.2, -0.15) is 0 Å². The Kier molecular flexibility index (Phi) is 4.02. The third-order valence-electron chi connectivity index (χ3n) is 4.72. The van der Waals surface area contributed by atoms with E-state index in [1.54, 1.807) is 11.3 Å². The molecule has 1 saturated heterocycles. The summed E-state index contributed by atoms with van der Waals surface area (Å²) in [5.41, 5.74) is 6.71. The average Bonchev–Trinajstić information content (AvgIpc) is 2.89. The van der Waals surface area contributed by atoms with Gasteiger partial charge in [-0.3, -0.25) is 9.59 Å². The van der Waals surface area contributed by atoms with Crippen molar-refractivity contribution in [2.75, 3.05) is 13.1 Å². The van der Waals surface area contributed by atoms with E-state index in [-0.39, 0.29) is 17.7 Å². The summed E-state index contributed by atoms with van der Waals surface area (Å²) < 4.78 is 0. The minimum absolute atomic E-state index is 0.0635. The summed E-state index contributed by atoms with van der Waals surface area (Å²) in [6.07, 6.45) is 4.83. The van der Waals surface area contributed by atoms with Crippen LogP contribution in [0, 0.1) is 11.8 Å². The van der Waals surface area contributed by atoms with Gasteiger partial charge < -0.3 is 10.6 Å². The summed E-state index contributed by atoms with van der Waals surface area (Å²) in [6, 6.07) is 2.10. The quantitative estimate of drug-likeness (QED) is 0.910. The number of carbonyl (C=O) groups is 2. The maximum absolute atomic E-state index is 12.6. The van der Waals surface area contributed by atoms with Gasteiger partial charge in [0.25, 0.3) is 5.91 Å². The number of piperidine rings is 1. The topological polar surface area (TPSA) is 63.4 Å². The maximum Gasteiger partial charge on any atom is 0.263 e. The Labute approximate surface area is 129 Å². The minimum atomic E-state index is -0.234. The fourth-order valence-electron chi connectivity index (χ4n) is 3.33. The van der Waals surface area contributed by atoms with Gasteiger partial charge in [-0.1, -0.05) is 6.92 Å². The summed E-state index contributed by atoms with van der Waals surface area (Å²) in [5.74, 6) is 0.556. The Morgan fingerprint density at radius 2 is 2.00 bits per heavy atom. The molecule has 1 atom stereocenters. The number of carbonyl (C=O) groups excluding carboxylic acids is 2. The number of aryl methyl sites for hydroxylation is 1. The van der Waals surface area contributed by atoms with Crippen molar-refractivity contribution in [3.8, 4) is 0 Å². The van der Waals surface area contributed by atoms with E-state index in [1.807, 2.05) is 4.90 Å². The zero-order chi connectivity index (χ0) is 15.0. The highest BCUT2D eigenvalue weighted by Gasteiger charge is 2.28. The van der Waals surface area contributed by atoms with E-state index in [2.05, 4.69) is 13.0 Å². The van der Waals surface area contributed by atoms with Crippen LogP contribution in [0.4, 0.5) is 0 Å². The predicted molar refractivity (Wildman–Crippen MR) is 83.3 cm³/mol. The standard InChI is InChI=1S/C16H22N2O2S/c1-10-2-3-13-12(8-10)9-14(21-13)16(20)18-6-4-11(5-7-18)15(17)19/h9-11H,2-8H2,1H3,(H2,17,19)/t10-/m0/s1. The van der Waals surface area contributed by atoms with Gasteiger partial charge in [-0.15, -0.1) is 11.3 Å². The lowest BCUT2D eigenvalue weighted by Gasteiger charge is -2.30. The zero-order valence-corrected chi connectivity index (χ0v) is 13.2. The molecule has 0 bridgehead atoms. The molecule has 2 N–H and O–H groups in total. The molecule has 2 amide bonds. The summed E-state index contributed by atoms with van der Waals surface area (Å²) in [5, 5.41) is 0. The third-order valence-corrected chi connectivity index (χ3v) is 5.95. The van der Waals surface area contributed by atoms with Crippen LogP contribution in [-0.4, -0.2) is 29.8 Å². The first-order valence-electron chi connectivity index (χ1n) is 7.74. The summed E-state index contributed by atoms with van der Waals surface area (Å²) in [7, 11) is 0. The molecule has 1 aliphatic heterocycles. The molecular formula is C16H22N2O2S. The number of fused-ring (bicyclic) bond motifs is 1. The Balaban J connectivity index is 1.68. The number of nitrogens with zero attached hydrogens (tertiary/aromatic N) is 1. The second-order valence-corrected chi connectivity index (χ2v) is 7.51. The van der Waals surface area contributed by atoms with Gasteiger partial charge in [0.05, 0.1) is 4.88 Å².